The molecule has 3 atom stereocenters. The zero-order chi connectivity index (χ0) is 42.4. The van der Waals surface area contributed by atoms with Crippen LogP contribution in [-0.2, 0) is 19.1 Å². The fraction of sp³-hybridized carbons (Fsp3) is 0.887. The van der Waals surface area contributed by atoms with Gasteiger partial charge in [-0.05, 0) is 83.5 Å². The fourth-order valence-electron chi connectivity index (χ4n) is 7.90. The van der Waals surface area contributed by atoms with E-state index in [0.29, 0.717) is 0 Å². The minimum atomic E-state index is -0.803. The average Bonchev–Trinajstić information content (AvgIpc) is 3.22. The molecule has 58 heavy (non-hydrogen) atoms. The number of carbonyl (C=O) groups is 2. The molecule has 0 aliphatic carbocycles. The molecule has 2 N–H and O–H groups in total. The van der Waals surface area contributed by atoms with Crippen LogP contribution in [0.2, 0.25) is 0 Å². The lowest BCUT2D eigenvalue weighted by Gasteiger charge is -2.21. The minimum absolute atomic E-state index is 0.0750. The summed E-state index contributed by atoms with van der Waals surface area (Å²) in [5.74, 6) is -0.606. The van der Waals surface area contributed by atoms with Crippen LogP contribution in [0.5, 0.6) is 0 Å². The van der Waals surface area contributed by atoms with E-state index in [2.05, 4.69) is 52.0 Å². The van der Waals surface area contributed by atoms with E-state index in [9.17, 15) is 9.59 Å². The van der Waals surface area contributed by atoms with E-state index in [1.165, 1.54) is 180 Å². The fourth-order valence-corrected chi connectivity index (χ4v) is 7.90. The third-order valence-corrected chi connectivity index (χ3v) is 11.9. The second-order valence-corrected chi connectivity index (χ2v) is 17.8. The van der Waals surface area contributed by atoms with Crippen molar-refractivity contribution < 1.29 is 19.1 Å². The Morgan fingerprint density at radius 2 is 0.690 bits per heavy atom. The van der Waals surface area contributed by atoms with Crippen LogP contribution in [0.4, 0.5) is 0 Å². The Morgan fingerprint density at radius 3 is 1.07 bits per heavy atom. The van der Waals surface area contributed by atoms with Crippen LogP contribution < -0.4 is 5.73 Å². The van der Waals surface area contributed by atoms with Crippen molar-refractivity contribution in [2.45, 2.75) is 303 Å². The van der Waals surface area contributed by atoms with E-state index in [1.54, 1.807) is 0 Å². The van der Waals surface area contributed by atoms with Gasteiger partial charge in [-0.3, -0.25) is 9.59 Å². The minimum Gasteiger partial charge on any atom is -0.462 e. The number of nitrogens with two attached hydrogens (primary N) is 1. The maximum Gasteiger partial charge on any atom is 0.323 e. The molecule has 0 saturated heterocycles. The van der Waals surface area contributed by atoms with Crippen molar-refractivity contribution in [3.63, 3.8) is 0 Å². The standard InChI is InChI=1S/C53H101NO4/c1-5-9-13-17-21-23-25-27-29-33-37-40-44-49(43-39-35-31-19-15-11-7-3)57-52(55)48-47-51(54)53(56)58-50(45-41-36-32-20-16-12-8-4)46-42-38-34-30-28-26-24-22-18-14-10-6-2/h31-32,35-36,49-51H,5-30,33-34,37-48,54H2,1-4H3/b35-31-,36-32-/t49?,50?,51-/m0/s1. The quantitative estimate of drug-likeness (QED) is 0.0376. The molecular weight excluding hydrogens is 715 g/mol. The van der Waals surface area contributed by atoms with Crippen LogP contribution in [0.1, 0.15) is 285 Å². The Morgan fingerprint density at radius 1 is 0.379 bits per heavy atom. The molecule has 2 unspecified atom stereocenters. The van der Waals surface area contributed by atoms with Gasteiger partial charge in [0.1, 0.15) is 18.2 Å². The zero-order valence-electron chi connectivity index (χ0n) is 39.5. The first-order valence-electron chi connectivity index (χ1n) is 25.9. The molecule has 0 radical (unpaired) electrons. The molecule has 342 valence electrons. The lowest BCUT2D eigenvalue weighted by molar-refractivity contribution is -0.153. The largest absolute Gasteiger partial charge is 0.462 e. The average molecular weight is 816 g/mol. The van der Waals surface area contributed by atoms with Gasteiger partial charge in [-0.25, -0.2) is 0 Å². The first-order valence-corrected chi connectivity index (χ1v) is 25.9. The Hall–Kier alpha value is -1.62. The lowest BCUT2D eigenvalue weighted by atomic mass is 10.0. The van der Waals surface area contributed by atoms with Crippen molar-refractivity contribution in [3.05, 3.63) is 24.3 Å². The van der Waals surface area contributed by atoms with Gasteiger partial charge in [0, 0.05) is 6.42 Å². The molecule has 0 spiro atoms. The number of rotatable bonds is 46. The second-order valence-electron chi connectivity index (χ2n) is 17.8. The molecule has 0 amide bonds. The summed E-state index contributed by atoms with van der Waals surface area (Å²) in [6.07, 6.45) is 56.0. The van der Waals surface area contributed by atoms with E-state index in [4.69, 9.17) is 15.2 Å². The molecule has 0 saturated carbocycles. The van der Waals surface area contributed by atoms with E-state index in [-0.39, 0.29) is 37.0 Å². The first kappa shape index (κ1) is 56.4. The van der Waals surface area contributed by atoms with Gasteiger partial charge in [-0.15, -0.1) is 0 Å². The molecule has 0 fully saturated rings. The predicted octanol–water partition coefficient (Wildman–Crippen LogP) is 16.9. The lowest BCUT2D eigenvalue weighted by Crippen LogP contribution is -2.35. The van der Waals surface area contributed by atoms with Gasteiger partial charge in [0.2, 0.25) is 0 Å². The number of unbranched alkanes of at least 4 members (excludes halogenated alkanes) is 28. The highest BCUT2D eigenvalue weighted by Gasteiger charge is 2.22. The number of allylic oxidation sites excluding steroid dienone is 4. The summed E-state index contributed by atoms with van der Waals surface area (Å²) in [5.41, 5.74) is 6.36. The van der Waals surface area contributed by atoms with Crippen molar-refractivity contribution in [1.82, 2.24) is 0 Å². The highest BCUT2D eigenvalue weighted by atomic mass is 16.5. The van der Waals surface area contributed by atoms with Gasteiger partial charge < -0.3 is 15.2 Å². The zero-order valence-corrected chi connectivity index (χ0v) is 39.5. The Kier molecular flexibility index (Phi) is 45.1. The topological polar surface area (TPSA) is 78.6 Å². The molecule has 5 heteroatoms. The molecule has 0 heterocycles. The van der Waals surface area contributed by atoms with Crippen molar-refractivity contribution in [2.75, 3.05) is 0 Å². The summed E-state index contributed by atoms with van der Waals surface area (Å²) < 4.78 is 12.1. The normalized spacial score (nSPS) is 13.4. The molecule has 0 bridgehead atoms. The van der Waals surface area contributed by atoms with Gasteiger partial charge in [0.25, 0.3) is 0 Å². The molecule has 0 aromatic heterocycles. The van der Waals surface area contributed by atoms with Crippen LogP contribution in [0.25, 0.3) is 0 Å². The van der Waals surface area contributed by atoms with Crippen LogP contribution in [-0.4, -0.2) is 30.2 Å². The molecule has 0 aliphatic rings. The van der Waals surface area contributed by atoms with Gasteiger partial charge >= 0.3 is 11.9 Å². The van der Waals surface area contributed by atoms with Crippen molar-refractivity contribution >= 4 is 11.9 Å². The van der Waals surface area contributed by atoms with Gasteiger partial charge in [-0.2, -0.15) is 0 Å². The number of hydrogen-bond acceptors (Lipinski definition) is 5. The molecular formula is C53H101NO4. The third-order valence-electron chi connectivity index (χ3n) is 11.9. The SMILES string of the molecule is CCCCC/C=C\CCC(CCCCCCCCCCCCCC)OC(=O)CC[C@H](N)C(=O)OC(CC/C=C\CCCCC)CCCCCCCCCCCCCC. The number of carbonyl (C=O) groups excluding carboxylic acids is 2. The summed E-state index contributed by atoms with van der Waals surface area (Å²) in [7, 11) is 0. The summed E-state index contributed by atoms with van der Waals surface area (Å²) in [6, 6.07) is -0.803. The highest BCUT2D eigenvalue weighted by molar-refractivity contribution is 5.77. The number of ether oxygens (including phenoxy) is 2. The van der Waals surface area contributed by atoms with Gasteiger partial charge in [0.15, 0.2) is 0 Å². The van der Waals surface area contributed by atoms with Gasteiger partial charge in [-0.1, -0.05) is 219 Å². The smallest absolute Gasteiger partial charge is 0.323 e. The van der Waals surface area contributed by atoms with Crippen LogP contribution >= 0.6 is 0 Å². The molecule has 0 aromatic rings. The summed E-state index contributed by atoms with van der Waals surface area (Å²) in [5, 5.41) is 0. The Balaban J connectivity index is 4.79. The molecule has 0 rings (SSSR count). The van der Waals surface area contributed by atoms with Crippen molar-refractivity contribution in [3.8, 4) is 0 Å². The van der Waals surface area contributed by atoms with Crippen molar-refractivity contribution in [2.24, 2.45) is 5.73 Å². The first-order chi connectivity index (χ1) is 28.5. The van der Waals surface area contributed by atoms with E-state index < -0.39 is 6.04 Å². The summed E-state index contributed by atoms with van der Waals surface area (Å²) in [4.78, 5) is 26.3. The maximum absolute atomic E-state index is 13.2. The maximum atomic E-state index is 13.2. The number of hydrogen-bond donors (Lipinski definition) is 1. The van der Waals surface area contributed by atoms with Crippen LogP contribution in [0, 0.1) is 0 Å². The summed E-state index contributed by atoms with van der Waals surface area (Å²) in [6.45, 7) is 9.03. The number of esters is 2. The second kappa shape index (κ2) is 46.4. The predicted molar refractivity (Wildman–Crippen MR) is 253 cm³/mol. The van der Waals surface area contributed by atoms with Gasteiger partial charge in [0.05, 0.1) is 0 Å². The Bertz CT molecular complexity index is 916. The monoisotopic (exact) mass is 816 g/mol. The van der Waals surface area contributed by atoms with E-state index in [0.717, 1.165) is 64.2 Å². The van der Waals surface area contributed by atoms with Crippen molar-refractivity contribution in [1.29, 1.82) is 0 Å². The van der Waals surface area contributed by atoms with E-state index in [1.807, 2.05) is 0 Å². The van der Waals surface area contributed by atoms with E-state index >= 15 is 0 Å². The highest BCUT2D eigenvalue weighted by Crippen LogP contribution is 2.20. The Labute approximate surface area is 362 Å². The molecule has 5 nitrogen and oxygen atoms in total. The van der Waals surface area contributed by atoms with Crippen LogP contribution in [0.15, 0.2) is 24.3 Å². The molecule has 0 aliphatic heterocycles. The summed E-state index contributed by atoms with van der Waals surface area (Å²) >= 11 is 0. The molecule has 0 aromatic carbocycles. The van der Waals surface area contributed by atoms with Crippen LogP contribution in [0.3, 0.4) is 0 Å². The third kappa shape index (κ3) is 41.1.